The van der Waals surface area contributed by atoms with E-state index >= 15 is 0 Å². The molecule has 0 heterocycles. The standard InChI is InChI=1S/C17H25ClN2O/c1-13(19)10-11-17(21)20(15-7-3-4-8-15)12-14-6-2-5-9-16(14)18/h2,5-6,9,13,15H,3-4,7-8,10-12,19H2,1H3. The van der Waals surface area contributed by atoms with Gasteiger partial charge in [-0.2, -0.15) is 0 Å². The van der Waals surface area contributed by atoms with Crippen LogP contribution in [0.5, 0.6) is 0 Å². The maximum absolute atomic E-state index is 12.6. The summed E-state index contributed by atoms with van der Waals surface area (Å²) < 4.78 is 0. The van der Waals surface area contributed by atoms with Crippen LogP contribution < -0.4 is 5.73 Å². The number of nitrogens with zero attached hydrogens (tertiary/aromatic N) is 1. The van der Waals surface area contributed by atoms with Gasteiger partial charge in [0.15, 0.2) is 0 Å². The normalized spacial score (nSPS) is 16.9. The van der Waals surface area contributed by atoms with Crippen molar-refractivity contribution in [3.05, 3.63) is 34.9 Å². The molecule has 0 aromatic heterocycles. The minimum atomic E-state index is 0.0692. The van der Waals surface area contributed by atoms with E-state index in [4.69, 9.17) is 17.3 Å². The summed E-state index contributed by atoms with van der Waals surface area (Å²) in [4.78, 5) is 14.6. The van der Waals surface area contributed by atoms with E-state index < -0.39 is 0 Å². The molecule has 0 bridgehead atoms. The molecule has 2 N–H and O–H groups in total. The molecule has 1 fully saturated rings. The largest absolute Gasteiger partial charge is 0.335 e. The molecule has 116 valence electrons. The molecule has 0 radical (unpaired) electrons. The highest BCUT2D eigenvalue weighted by molar-refractivity contribution is 6.31. The molecule has 1 atom stereocenters. The summed E-state index contributed by atoms with van der Waals surface area (Å²) in [7, 11) is 0. The second-order valence-electron chi connectivity index (χ2n) is 6.07. The van der Waals surface area contributed by atoms with E-state index in [1.165, 1.54) is 12.8 Å². The van der Waals surface area contributed by atoms with Gasteiger partial charge in [0.25, 0.3) is 0 Å². The van der Waals surface area contributed by atoms with Gasteiger partial charge in [0, 0.05) is 30.1 Å². The van der Waals surface area contributed by atoms with Gasteiger partial charge < -0.3 is 10.6 Å². The third-order valence-corrected chi connectivity index (χ3v) is 4.57. The van der Waals surface area contributed by atoms with E-state index in [1.54, 1.807) is 0 Å². The minimum absolute atomic E-state index is 0.0692. The van der Waals surface area contributed by atoms with E-state index in [1.807, 2.05) is 36.1 Å². The van der Waals surface area contributed by atoms with Crippen LogP contribution in [0.15, 0.2) is 24.3 Å². The summed E-state index contributed by atoms with van der Waals surface area (Å²) in [5.74, 6) is 0.208. The van der Waals surface area contributed by atoms with Crippen LogP contribution in [0, 0.1) is 0 Å². The highest BCUT2D eigenvalue weighted by Gasteiger charge is 2.27. The Morgan fingerprint density at radius 3 is 2.67 bits per heavy atom. The fourth-order valence-corrected chi connectivity index (χ4v) is 3.14. The Morgan fingerprint density at radius 2 is 2.05 bits per heavy atom. The zero-order chi connectivity index (χ0) is 15.2. The fourth-order valence-electron chi connectivity index (χ4n) is 2.94. The lowest BCUT2D eigenvalue weighted by Crippen LogP contribution is -2.38. The lowest BCUT2D eigenvalue weighted by Gasteiger charge is -2.30. The first-order chi connectivity index (χ1) is 10.1. The van der Waals surface area contributed by atoms with Crippen molar-refractivity contribution in [2.45, 2.75) is 64.1 Å². The van der Waals surface area contributed by atoms with Crippen molar-refractivity contribution >= 4 is 17.5 Å². The molecular weight excluding hydrogens is 284 g/mol. The molecule has 21 heavy (non-hydrogen) atoms. The summed E-state index contributed by atoms with van der Waals surface area (Å²) in [5.41, 5.74) is 6.81. The molecule has 2 rings (SSSR count). The number of halogens is 1. The topological polar surface area (TPSA) is 46.3 Å². The van der Waals surface area contributed by atoms with Gasteiger partial charge >= 0.3 is 0 Å². The number of rotatable bonds is 6. The lowest BCUT2D eigenvalue weighted by atomic mass is 10.1. The van der Waals surface area contributed by atoms with E-state index in [0.717, 1.165) is 29.8 Å². The molecule has 0 saturated heterocycles. The number of hydrogen-bond acceptors (Lipinski definition) is 2. The van der Waals surface area contributed by atoms with Crippen molar-refractivity contribution < 1.29 is 4.79 Å². The first kappa shape index (κ1) is 16.3. The number of benzene rings is 1. The van der Waals surface area contributed by atoms with Crippen LogP contribution in [0.2, 0.25) is 5.02 Å². The number of carbonyl (C=O) groups is 1. The van der Waals surface area contributed by atoms with Crippen molar-refractivity contribution in [1.29, 1.82) is 0 Å². The Morgan fingerprint density at radius 1 is 1.38 bits per heavy atom. The second-order valence-corrected chi connectivity index (χ2v) is 6.47. The molecule has 1 amide bonds. The molecule has 4 heteroatoms. The summed E-state index contributed by atoms with van der Waals surface area (Å²) in [6.07, 6.45) is 5.90. The van der Waals surface area contributed by atoms with Gasteiger partial charge in [-0.15, -0.1) is 0 Å². The first-order valence-electron chi connectivity index (χ1n) is 7.86. The molecule has 1 unspecified atom stereocenters. The van der Waals surface area contributed by atoms with Crippen LogP contribution in [0.3, 0.4) is 0 Å². The van der Waals surface area contributed by atoms with Gasteiger partial charge in [-0.3, -0.25) is 4.79 Å². The van der Waals surface area contributed by atoms with Crippen LogP contribution in [-0.2, 0) is 11.3 Å². The Balaban J connectivity index is 2.08. The molecule has 1 aromatic carbocycles. The highest BCUT2D eigenvalue weighted by Crippen LogP contribution is 2.27. The quantitative estimate of drug-likeness (QED) is 0.870. The number of hydrogen-bond donors (Lipinski definition) is 1. The van der Waals surface area contributed by atoms with E-state index in [2.05, 4.69) is 0 Å². The second kappa shape index (κ2) is 7.81. The van der Waals surface area contributed by atoms with Crippen LogP contribution in [-0.4, -0.2) is 22.9 Å². The monoisotopic (exact) mass is 308 g/mol. The molecule has 1 aliphatic rings. The van der Waals surface area contributed by atoms with Crippen molar-refractivity contribution in [1.82, 2.24) is 4.90 Å². The summed E-state index contributed by atoms with van der Waals surface area (Å²) >= 11 is 6.25. The minimum Gasteiger partial charge on any atom is -0.335 e. The Labute approximate surface area is 132 Å². The first-order valence-corrected chi connectivity index (χ1v) is 8.24. The molecular formula is C17H25ClN2O. The molecule has 1 aliphatic carbocycles. The van der Waals surface area contributed by atoms with Gasteiger partial charge in [0.2, 0.25) is 5.91 Å². The number of carbonyl (C=O) groups excluding carboxylic acids is 1. The van der Waals surface area contributed by atoms with E-state index in [9.17, 15) is 4.79 Å². The summed E-state index contributed by atoms with van der Waals surface area (Å²) in [6.45, 7) is 2.56. The average molecular weight is 309 g/mol. The van der Waals surface area contributed by atoms with Crippen LogP contribution >= 0.6 is 11.6 Å². The number of nitrogens with two attached hydrogens (primary N) is 1. The van der Waals surface area contributed by atoms with Crippen LogP contribution in [0.1, 0.15) is 51.0 Å². The Kier molecular flexibility index (Phi) is 6.07. The molecule has 0 spiro atoms. The maximum Gasteiger partial charge on any atom is 0.223 e. The Bertz CT molecular complexity index is 470. The van der Waals surface area contributed by atoms with Crippen molar-refractivity contribution in [3.8, 4) is 0 Å². The Hall–Kier alpha value is -1.06. The third kappa shape index (κ3) is 4.72. The zero-order valence-electron chi connectivity index (χ0n) is 12.7. The van der Waals surface area contributed by atoms with Gasteiger partial charge in [-0.05, 0) is 37.8 Å². The lowest BCUT2D eigenvalue weighted by molar-refractivity contribution is -0.134. The SMILES string of the molecule is CC(N)CCC(=O)N(Cc1ccccc1Cl)C1CCCC1. The smallest absolute Gasteiger partial charge is 0.223 e. The van der Waals surface area contributed by atoms with Gasteiger partial charge in [-0.1, -0.05) is 42.6 Å². The molecule has 1 saturated carbocycles. The highest BCUT2D eigenvalue weighted by atomic mass is 35.5. The van der Waals surface area contributed by atoms with Crippen molar-refractivity contribution in [3.63, 3.8) is 0 Å². The maximum atomic E-state index is 12.6. The van der Waals surface area contributed by atoms with Crippen molar-refractivity contribution in [2.75, 3.05) is 0 Å². The molecule has 3 nitrogen and oxygen atoms in total. The predicted molar refractivity (Wildman–Crippen MR) is 87.1 cm³/mol. The van der Waals surface area contributed by atoms with Crippen LogP contribution in [0.4, 0.5) is 0 Å². The fraction of sp³-hybridized carbons (Fsp3) is 0.588. The van der Waals surface area contributed by atoms with E-state index in [0.29, 0.717) is 19.0 Å². The van der Waals surface area contributed by atoms with Gasteiger partial charge in [0.1, 0.15) is 0 Å². The zero-order valence-corrected chi connectivity index (χ0v) is 13.5. The summed E-state index contributed by atoms with van der Waals surface area (Å²) in [6, 6.07) is 8.21. The summed E-state index contributed by atoms with van der Waals surface area (Å²) in [5, 5.41) is 0.737. The van der Waals surface area contributed by atoms with Crippen molar-refractivity contribution in [2.24, 2.45) is 5.73 Å². The predicted octanol–water partition coefficient (Wildman–Crippen LogP) is 3.74. The third-order valence-electron chi connectivity index (χ3n) is 4.20. The van der Waals surface area contributed by atoms with Gasteiger partial charge in [0.05, 0.1) is 0 Å². The molecule has 0 aliphatic heterocycles. The van der Waals surface area contributed by atoms with Gasteiger partial charge in [-0.25, -0.2) is 0 Å². The van der Waals surface area contributed by atoms with E-state index in [-0.39, 0.29) is 11.9 Å². The average Bonchev–Trinajstić information content (AvgIpc) is 2.97. The van der Waals surface area contributed by atoms with Crippen LogP contribution in [0.25, 0.3) is 0 Å². The number of amides is 1. The molecule has 1 aromatic rings.